The second-order valence-electron chi connectivity index (χ2n) is 5.69. The van der Waals surface area contributed by atoms with Crippen LogP contribution in [0.25, 0.3) is 0 Å². The van der Waals surface area contributed by atoms with Gasteiger partial charge in [0.1, 0.15) is 5.60 Å². The molecular formula is C17H18ClN3O2. The molecule has 0 radical (unpaired) electrons. The van der Waals surface area contributed by atoms with Crippen LogP contribution in [0.2, 0.25) is 5.02 Å². The van der Waals surface area contributed by atoms with Gasteiger partial charge in [0, 0.05) is 6.20 Å². The summed E-state index contributed by atoms with van der Waals surface area (Å²) >= 11 is 5.76. The summed E-state index contributed by atoms with van der Waals surface area (Å²) in [6, 6.07) is 10.9. The Labute approximate surface area is 139 Å². The van der Waals surface area contributed by atoms with Gasteiger partial charge in [-0.1, -0.05) is 35.9 Å². The number of carbonyl (C=O) groups is 1. The molecule has 0 bridgehead atoms. The zero-order chi connectivity index (χ0) is 16.3. The van der Waals surface area contributed by atoms with Gasteiger partial charge in [-0.05, 0) is 36.1 Å². The minimum Gasteiger partial charge on any atom is -0.383 e. The van der Waals surface area contributed by atoms with Crippen LogP contribution < -0.4 is 10.6 Å². The highest BCUT2D eigenvalue weighted by atomic mass is 35.5. The molecule has 1 heterocycles. The Morgan fingerprint density at radius 3 is 2.87 bits per heavy atom. The van der Waals surface area contributed by atoms with Gasteiger partial charge in [0.25, 0.3) is 0 Å². The van der Waals surface area contributed by atoms with E-state index in [0.29, 0.717) is 18.0 Å². The average molecular weight is 332 g/mol. The molecule has 0 spiro atoms. The molecule has 1 aliphatic carbocycles. The number of aryl methyl sites for hydroxylation is 1. The van der Waals surface area contributed by atoms with Crippen LogP contribution in [0, 0.1) is 0 Å². The van der Waals surface area contributed by atoms with Crippen molar-refractivity contribution in [1.82, 2.24) is 15.6 Å². The lowest BCUT2D eigenvalue weighted by molar-refractivity contribution is 0.0412. The number of nitrogens with one attached hydrogen (secondary N) is 2. The van der Waals surface area contributed by atoms with Crippen LogP contribution in [-0.4, -0.2) is 22.7 Å². The molecule has 1 unspecified atom stereocenters. The van der Waals surface area contributed by atoms with Gasteiger partial charge in [-0.25, -0.2) is 4.79 Å². The molecule has 3 rings (SSSR count). The summed E-state index contributed by atoms with van der Waals surface area (Å²) in [6.07, 6.45) is 2.98. The Morgan fingerprint density at radius 1 is 1.26 bits per heavy atom. The van der Waals surface area contributed by atoms with E-state index in [2.05, 4.69) is 15.6 Å². The van der Waals surface area contributed by atoms with Crippen LogP contribution in [0.5, 0.6) is 0 Å². The maximum atomic E-state index is 11.9. The summed E-state index contributed by atoms with van der Waals surface area (Å²) in [5.41, 5.74) is 1.77. The van der Waals surface area contributed by atoms with Crippen molar-refractivity contribution in [2.24, 2.45) is 0 Å². The highest BCUT2D eigenvalue weighted by Crippen LogP contribution is 2.36. The summed E-state index contributed by atoms with van der Waals surface area (Å²) in [5.74, 6) is 0. The Balaban J connectivity index is 1.52. The van der Waals surface area contributed by atoms with E-state index < -0.39 is 5.60 Å². The van der Waals surface area contributed by atoms with Crippen LogP contribution in [0.1, 0.15) is 23.2 Å². The predicted molar refractivity (Wildman–Crippen MR) is 88.1 cm³/mol. The molecule has 0 fully saturated rings. The lowest BCUT2D eigenvalue weighted by atomic mass is 9.96. The number of aromatic nitrogens is 1. The third kappa shape index (κ3) is 3.63. The van der Waals surface area contributed by atoms with E-state index in [1.54, 1.807) is 12.1 Å². The van der Waals surface area contributed by atoms with Gasteiger partial charge < -0.3 is 15.7 Å². The van der Waals surface area contributed by atoms with Crippen molar-refractivity contribution < 1.29 is 9.90 Å². The largest absolute Gasteiger partial charge is 0.383 e. The summed E-state index contributed by atoms with van der Waals surface area (Å²) in [5, 5.41) is 16.7. The molecule has 2 amide bonds. The van der Waals surface area contributed by atoms with Crippen molar-refractivity contribution >= 4 is 17.6 Å². The zero-order valence-electron chi connectivity index (χ0n) is 12.6. The van der Waals surface area contributed by atoms with Gasteiger partial charge in [-0.3, -0.25) is 4.98 Å². The lowest BCUT2D eigenvalue weighted by Crippen LogP contribution is -2.43. The minimum atomic E-state index is -0.994. The Morgan fingerprint density at radius 2 is 2.09 bits per heavy atom. The van der Waals surface area contributed by atoms with E-state index in [1.807, 2.05) is 24.3 Å². The first-order valence-electron chi connectivity index (χ1n) is 7.50. The Bertz CT molecular complexity index is 705. The van der Waals surface area contributed by atoms with Gasteiger partial charge in [-0.2, -0.15) is 0 Å². The van der Waals surface area contributed by atoms with E-state index >= 15 is 0 Å². The molecule has 0 saturated heterocycles. The van der Waals surface area contributed by atoms with Crippen LogP contribution in [0.4, 0.5) is 4.79 Å². The second-order valence-corrected chi connectivity index (χ2v) is 6.13. The molecule has 5 nitrogen and oxygen atoms in total. The number of carbonyl (C=O) groups excluding carboxylic acids is 1. The Kier molecular flexibility index (Phi) is 4.50. The number of halogens is 1. The highest BCUT2D eigenvalue weighted by molar-refractivity contribution is 6.30. The first-order chi connectivity index (χ1) is 11.1. The number of nitrogens with zero attached hydrogens (tertiary/aromatic N) is 1. The van der Waals surface area contributed by atoms with E-state index in [4.69, 9.17) is 11.6 Å². The maximum Gasteiger partial charge on any atom is 0.315 e. The molecule has 1 aromatic carbocycles. The first kappa shape index (κ1) is 15.8. The first-order valence-corrected chi connectivity index (χ1v) is 7.87. The van der Waals surface area contributed by atoms with Crippen molar-refractivity contribution in [2.45, 2.75) is 25.0 Å². The fourth-order valence-electron chi connectivity index (χ4n) is 2.82. The molecule has 120 valence electrons. The number of hydrogen-bond donors (Lipinski definition) is 3. The van der Waals surface area contributed by atoms with Gasteiger partial charge in [0.2, 0.25) is 0 Å². The van der Waals surface area contributed by atoms with E-state index in [0.717, 1.165) is 23.2 Å². The molecule has 23 heavy (non-hydrogen) atoms. The topological polar surface area (TPSA) is 74.2 Å². The fraction of sp³-hybridized carbons (Fsp3) is 0.294. The minimum absolute atomic E-state index is 0.184. The SMILES string of the molecule is O=C(NCc1ccc(Cl)cn1)NCC1(O)CCc2ccccc21. The predicted octanol–water partition coefficient (Wildman–Crippen LogP) is 2.37. The van der Waals surface area contributed by atoms with E-state index in [9.17, 15) is 9.90 Å². The van der Waals surface area contributed by atoms with Gasteiger partial charge in [0.15, 0.2) is 0 Å². The molecule has 1 atom stereocenters. The van der Waals surface area contributed by atoms with E-state index in [1.165, 1.54) is 6.20 Å². The highest BCUT2D eigenvalue weighted by Gasteiger charge is 2.36. The summed E-state index contributed by atoms with van der Waals surface area (Å²) < 4.78 is 0. The molecular weight excluding hydrogens is 314 g/mol. The molecule has 2 aromatic rings. The van der Waals surface area contributed by atoms with Gasteiger partial charge in [-0.15, -0.1) is 0 Å². The van der Waals surface area contributed by atoms with Gasteiger partial charge in [0.05, 0.1) is 23.8 Å². The van der Waals surface area contributed by atoms with Crippen molar-refractivity contribution in [3.8, 4) is 0 Å². The molecule has 0 aliphatic heterocycles. The lowest BCUT2D eigenvalue weighted by Gasteiger charge is -2.24. The van der Waals surface area contributed by atoms with Crippen LogP contribution >= 0.6 is 11.6 Å². The third-order valence-electron chi connectivity index (χ3n) is 4.09. The number of amides is 2. The van der Waals surface area contributed by atoms with Crippen molar-refractivity contribution in [2.75, 3.05) is 6.54 Å². The average Bonchev–Trinajstić information content (AvgIpc) is 2.91. The van der Waals surface area contributed by atoms with Gasteiger partial charge >= 0.3 is 6.03 Å². The van der Waals surface area contributed by atoms with Crippen molar-refractivity contribution in [3.63, 3.8) is 0 Å². The number of fused-ring (bicyclic) bond motifs is 1. The smallest absolute Gasteiger partial charge is 0.315 e. The summed E-state index contributed by atoms with van der Waals surface area (Å²) in [6.45, 7) is 0.488. The fourth-order valence-corrected chi connectivity index (χ4v) is 2.93. The normalized spacial score (nSPS) is 19.2. The summed E-state index contributed by atoms with van der Waals surface area (Å²) in [4.78, 5) is 16.0. The zero-order valence-corrected chi connectivity index (χ0v) is 13.3. The van der Waals surface area contributed by atoms with Crippen LogP contribution in [0.3, 0.4) is 0 Å². The van der Waals surface area contributed by atoms with Crippen LogP contribution in [-0.2, 0) is 18.6 Å². The standard InChI is InChI=1S/C17H18ClN3O2/c18-13-5-6-14(19-9-13)10-20-16(22)21-11-17(23)8-7-12-3-1-2-4-15(12)17/h1-6,9,23H,7-8,10-11H2,(H2,20,21,22). The molecule has 1 aromatic heterocycles. The quantitative estimate of drug-likeness (QED) is 0.805. The van der Waals surface area contributed by atoms with Crippen LogP contribution in [0.15, 0.2) is 42.6 Å². The number of rotatable bonds is 4. The monoisotopic (exact) mass is 331 g/mol. The van der Waals surface area contributed by atoms with E-state index in [-0.39, 0.29) is 12.6 Å². The second kappa shape index (κ2) is 6.56. The number of pyridine rings is 1. The molecule has 1 aliphatic rings. The number of aliphatic hydroxyl groups is 1. The number of benzene rings is 1. The molecule has 0 saturated carbocycles. The summed E-state index contributed by atoms with van der Waals surface area (Å²) in [7, 11) is 0. The van der Waals surface area contributed by atoms with Crippen molar-refractivity contribution in [3.05, 3.63) is 64.4 Å². The Hall–Kier alpha value is -2.11. The molecule has 6 heteroatoms. The third-order valence-corrected chi connectivity index (χ3v) is 4.31. The number of urea groups is 1. The molecule has 3 N–H and O–H groups in total. The number of hydrogen-bond acceptors (Lipinski definition) is 3. The van der Waals surface area contributed by atoms with Crippen molar-refractivity contribution in [1.29, 1.82) is 0 Å². The maximum absolute atomic E-state index is 11.9.